The summed E-state index contributed by atoms with van der Waals surface area (Å²) >= 11 is 0. The molecule has 1 fully saturated rings. The second-order valence-corrected chi connectivity index (χ2v) is 5.07. The maximum absolute atomic E-state index is 10.9. The van der Waals surface area contributed by atoms with Crippen molar-refractivity contribution in [2.75, 3.05) is 14.2 Å². The summed E-state index contributed by atoms with van der Waals surface area (Å²) in [5.74, 6) is 0.249. The lowest BCUT2D eigenvalue weighted by Gasteiger charge is -2.09. The van der Waals surface area contributed by atoms with Gasteiger partial charge in [-0.15, -0.1) is 10.2 Å². The molecule has 8 heteroatoms. The fraction of sp³-hybridized carbons (Fsp3) is 0.333. The molecule has 1 aliphatic carbocycles. The molecule has 2 heterocycles. The molecular weight excluding hydrogens is 298 g/mol. The number of ether oxygens (including phenoxy) is 2. The first-order valence-corrected chi connectivity index (χ1v) is 6.90. The third-order valence-corrected chi connectivity index (χ3v) is 3.73. The number of aromatic nitrogens is 4. The molecule has 0 aromatic carbocycles. The van der Waals surface area contributed by atoms with E-state index in [0.29, 0.717) is 22.7 Å². The van der Waals surface area contributed by atoms with Crippen LogP contribution in [0.4, 0.5) is 0 Å². The first kappa shape index (κ1) is 14.8. The quantitative estimate of drug-likeness (QED) is 0.755. The third kappa shape index (κ3) is 2.68. The van der Waals surface area contributed by atoms with Crippen LogP contribution in [0.25, 0.3) is 11.3 Å². The minimum Gasteiger partial charge on any atom is -0.480 e. The molecule has 2 atom stereocenters. The molecular formula is C15H13N5O3. The lowest BCUT2D eigenvalue weighted by molar-refractivity contribution is -0.108. The van der Waals surface area contributed by atoms with Gasteiger partial charge in [0, 0.05) is 12.1 Å². The van der Waals surface area contributed by atoms with Crippen LogP contribution in [0, 0.1) is 17.2 Å². The molecule has 0 spiro atoms. The second kappa shape index (κ2) is 5.96. The van der Waals surface area contributed by atoms with E-state index in [4.69, 9.17) is 9.47 Å². The van der Waals surface area contributed by atoms with Crippen molar-refractivity contribution in [3.8, 4) is 29.2 Å². The zero-order chi connectivity index (χ0) is 16.4. The highest BCUT2D eigenvalue weighted by molar-refractivity contribution is 5.67. The zero-order valence-corrected chi connectivity index (χ0v) is 12.6. The highest BCUT2D eigenvalue weighted by atomic mass is 16.5. The molecule has 23 heavy (non-hydrogen) atoms. The molecule has 0 aliphatic heterocycles. The number of nitriles is 1. The van der Waals surface area contributed by atoms with E-state index in [1.54, 1.807) is 6.07 Å². The van der Waals surface area contributed by atoms with E-state index >= 15 is 0 Å². The monoisotopic (exact) mass is 311 g/mol. The van der Waals surface area contributed by atoms with Crippen LogP contribution in [0.2, 0.25) is 0 Å². The molecule has 0 radical (unpaired) electrons. The van der Waals surface area contributed by atoms with Crippen LogP contribution in [0.15, 0.2) is 12.3 Å². The predicted octanol–water partition coefficient (Wildman–Crippen LogP) is 1.12. The fourth-order valence-corrected chi connectivity index (χ4v) is 2.41. The van der Waals surface area contributed by atoms with Crippen molar-refractivity contribution in [2.24, 2.45) is 5.92 Å². The minimum atomic E-state index is -0.0619. The molecule has 116 valence electrons. The summed E-state index contributed by atoms with van der Waals surface area (Å²) in [5.41, 5.74) is 1.97. The van der Waals surface area contributed by atoms with E-state index in [2.05, 4.69) is 20.2 Å². The van der Waals surface area contributed by atoms with E-state index in [1.807, 2.05) is 6.07 Å². The van der Waals surface area contributed by atoms with Crippen molar-refractivity contribution >= 4 is 6.29 Å². The van der Waals surface area contributed by atoms with Gasteiger partial charge < -0.3 is 14.3 Å². The van der Waals surface area contributed by atoms with Gasteiger partial charge in [-0.1, -0.05) is 0 Å². The Morgan fingerprint density at radius 3 is 2.78 bits per heavy atom. The van der Waals surface area contributed by atoms with Crippen LogP contribution >= 0.6 is 0 Å². The lowest BCUT2D eigenvalue weighted by atomic mass is 10.1. The molecule has 2 aromatic rings. The van der Waals surface area contributed by atoms with Crippen LogP contribution in [0.3, 0.4) is 0 Å². The summed E-state index contributed by atoms with van der Waals surface area (Å²) in [6.45, 7) is 0. The molecule has 1 aliphatic rings. The predicted molar refractivity (Wildman–Crippen MR) is 77.8 cm³/mol. The highest BCUT2D eigenvalue weighted by Crippen LogP contribution is 2.47. The van der Waals surface area contributed by atoms with E-state index in [0.717, 1.165) is 12.7 Å². The van der Waals surface area contributed by atoms with Crippen LogP contribution < -0.4 is 9.47 Å². The summed E-state index contributed by atoms with van der Waals surface area (Å²) in [4.78, 5) is 19.1. The summed E-state index contributed by atoms with van der Waals surface area (Å²) in [6, 6.07) is 3.94. The molecule has 0 bridgehead atoms. The topological polar surface area (TPSA) is 111 Å². The van der Waals surface area contributed by atoms with Gasteiger partial charge in [-0.3, -0.25) is 0 Å². The van der Waals surface area contributed by atoms with E-state index in [1.165, 1.54) is 20.4 Å². The third-order valence-electron chi connectivity index (χ3n) is 3.73. The average Bonchev–Trinajstić information content (AvgIpc) is 3.40. The Morgan fingerprint density at radius 1 is 1.35 bits per heavy atom. The Hall–Kier alpha value is -3.08. The van der Waals surface area contributed by atoms with Gasteiger partial charge in [0.05, 0.1) is 19.8 Å². The largest absolute Gasteiger partial charge is 0.480 e. The number of carbonyl (C=O) groups excluding carboxylic acids is 1. The van der Waals surface area contributed by atoms with Crippen molar-refractivity contribution in [3.63, 3.8) is 0 Å². The summed E-state index contributed by atoms with van der Waals surface area (Å²) in [7, 11) is 2.94. The van der Waals surface area contributed by atoms with Crippen LogP contribution in [-0.2, 0) is 4.79 Å². The molecule has 8 nitrogen and oxygen atoms in total. The van der Waals surface area contributed by atoms with Gasteiger partial charge in [-0.05, 0) is 24.0 Å². The maximum Gasteiger partial charge on any atom is 0.319 e. The second-order valence-electron chi connectivity index (χ2n) is 5.07. The van der Waals surface area contributed by atoms with Gasteiger partial charge in [-0.25, -0.2) is 4.98 Å². The molecule has 0 unspecified atom stereocenters. The number of methoxy groups -OCH3 is 2. The zero-order valence-electron chi connectivity index (χ0n) is 12.6. The number of hydrogen-bond acceptors (Lipinski definition) is 8. The summed E-state index contributed by atoms with van der Waals surface area (Å²) in [6.07, 6.45) is 3.15. The Bertz CT molecular complexity index is 802. The first-order chi connectivity index (χ1) is 11.2. The number of hydrogen-bond donors (Lipinski definition) is 0. The number of aldehydes is 1. The van der Waals surface area contributed by atoms with Crippen molar-refractivity contribution in [2.45, 2.75) is 12.3 Å². The fourth-order valence-electron chi connectivity index (χ4n) is 2.41. The van der Waals surface area contributed by atoms with Crippen LogP contribution in [0.1, 0.15) is 23.6 Å². The Balaban J connectivity index is 2.06. The Kier molecular flexibility index (Phi) is 3.85. The SMILES string of the molecule is COc1ncc(-c2cc([C@H]3C[C@@H]3C=O)c(C#N)nn2)c(OC)n1. The first-order valence-electron chi connectivity index (χ1n) is 6.90. The standard InChI is InChI=1S/C15H13N5O3/c1-22-14-11(6-17-15(18-14)23-2)12-4-10(9-3-8(9)7-21)13(5-16)20-19-12/h4,6-9H,3H2,1-2H3/t8-,9+/m1/s1. The lowest BCUT2D eigenvalue weighted by Crippen LogP contribution is -2.02. The number of carbonyl (C=O) groups is 1. The van der Waals surface area contributed by atoms with Crippen molar-refractivity contribution in [1.82, 2.24) is 20.2 Å². The van der Waals surface area contributed by atoms with Crippen molar-refractivity contribution in [1.29, 1.82) is 5.26 Å². The smallest absolute Gasteiger partial charge is 0.319 e. The Labute approximate surface area is 132 Å². The van der Waals surface area contributed by atoms with Gasteiger partial charge in [-0.2, -0.15) is 10.2 Å². The van der Waals surface area contributed by atoms with E-state index in [9.17, 15) is 10.1 Å². The van der Waals surface area contributed by atoms with E-state index < -0.39 is 0 Å². The van der Waals surface area contributed by atoms with Gasteiger partial charge in [0.1, 0.15) is 18.0 Å². The van der Waals surface area contributed by atoms with Gasteiger partial charge in [0.25, 0.3) is 0 Å². The van der Waals surface area contributed by atoms with Gasteiger partial charge in [0.2, 0.25) is 5.88 Å². The maximum atomic E-state index is 10.9. The van der Waals surface area contributed by atoms with Crippen molar-refractivity contribution < 1.29 is 14.3 Å². The summed E-state index contributed by atoms with van der Waals surface area (Å²) < 4.78 is 10.2. The molecule has 3 rings (SSSR count). The van der Waals surface area contributed by atoms with E-state index in [-0.39, 0.29) is 23.5 Å². The van der Waals surface area contributed by atoms with Crippen LogP contribution in [0.5, 0.6) is 11.9 Å². The highest BCUT2D eigenvalue weighted by Gasteiger charge is 2.40. The number of nitrogens with zero attached hydrogens (tertiary/aromatic N) is 5. The van der Waals surface area contributed by atoms with Crippen molar-refractivity contribution in [3.05, 3.63) is 23.5 Å². The molecule has 0 N–H and O–H groups in total. The average molecular weight is 311 g/mol. The van der Waals surface area contributed by atoms with Gasteiger partial charge >= 0.3 is 6.01 Å². The molecule has 0 saturated heterocycles. The van der Waals surface area contributed by atoms with Crippen LogP contribution in [-0.4, -0.2) is 40.7 Å². The normalized spacial score (nSPS) is 18.8. The molecule has 2 aromatic heterocycles. The number of rotatable bonds is 5. The Morgan fingerprint density at radius 2 is 2.17 bits per heavy atom. The minimum absolute atomic E-state index is 0.0153. The van der Waals surface area contributed by atoms with Gasteiger partial charge in [0.15, 0.2) is 5.69 Å². The summed E-state index contributed by atoms with van der Waals surface area (Å²) in [5, 5.41) is 17.2. The molecule has 1 saturated carbocycles. The molecule has 0 amide bonds.